The lowest BCUT2D eigenvalue weighted by Gasteiger charge is -2.29. The highest BCUT2D eigenvalue weighted by molar-refractivity contribution is 5.91. The van der Waals surface area contributed by atoms with Crippen molar-refractivity contribution in [2.75, 3.05) is 14.2 Å². The Balaban J connectivity index is 1.55. The quantitative estimate of drug-likeness (QED) is 0.315. The second-order valence-corrected chi connectivity index (χ2v) is 8.49. The Morgan fingerprint density at radius 2 is 1.78 bits per heavy atom. The molecule has 0 unspecified atom stereocenters. The number of benzene rings is 3. The highest BCUT2D eigenvalue weighted by Crippen LogP contribution is 2.51. The topological polar surface area (TPSA) is 83.9 Å². The number of hydrogen-bond donors (Lipinski definition) is 0. The van der Waals surface area contributed by atoms with Crippen molar-refractivity contribution in [3.8, 4) is 34.7 Å². The summed E-state index contributed by atoms with van der Waals surface area (Å²) in [4.78, 5) is 9.48. The van der Waals surface area contributed by atoms with E-state index >= 15 is 0 Å². The van der Waals surface area contributed by atoms with Crippen molar-refractivity contribution in [2.24, 2.45) is 0 Å². The van der Waals surface area contributed by atoms with Crippen LogP contribution in [0, 0.1) is 0 Å². The summed E-state index contributed by atoms with van der Waals surface area (Å²) in [7, 11) is 3.26. The van der Waals surface area contributed by atoms with Gasteiger partial charge < -0.3 is 18.6 Å². The minimum absolute atomic E-state index is 0.250. The molecule has 0 bridgehead atoms. The Morgan fingerprint density at radius 3 is 2.61 bits per heavy atom. The molecule has 36 heavy (non-hydrogen) atoms. The van der Waals surface area contributed by atoms with Gasteiger partial charge in [0.2, 0.25) is 11.7 Å². The van der Waals surface area contributed by atoms with Crippen molar-refractivity contribution in [1.29, 1.82) is 0 Å². The molecule has 0 radical (unpaired) electrons. The first-order valence-corrected chi connectivity index (χ1v) is 11.5. The number of nitrogens with zero attached hydrogens (tertiary/aromatic N) is 4. The Kier molecular flexibility index (Phi) is 4.47. The normalized spacial score (nSPS) is 14.3. The maximum Gasteiger partial charge on any atom is 0.228 e. The molecule has 6 aromatic rings. The van der Waals surface area contributed by atoms with Crippen LogP contribution in [0.4, 0.5) is 0 Å². The van der Waals surface area contributed by atoms with Crippen molar-refractivity contribution in [3.05, 3.63) is 96.0 Å². The average molecular weight is 476 g/mol. The van der Waals surface area contributed by atoms with Gasteiger partial charge in [-0.3, -0.25) is 0 Å². The van der Waals surface area contributed by atoms with Gasteiger partial charge in [-0.15, -0.1) is 5.10 Å². The van der Waals surface area contributed by atoms with Crippen molar-refractivity contribution in [1.82, 2.24) is 19.6 Å². The molecule has 3 aromatic carbocycles. The van der Waals surface area contributed by atoms with Crippen LogP contribution in [-0.4, -0.2) is 33.8 Å². The Bertz CT molecular complexity index is 1760. The first-order valence-electron chi connectivity index (χ1n) is 11.5. The minimum atomic E-state index is -0.250. The fraction of sp³-hybridized carbons (Fsp3) is 0.107. The minimum Gasteiger partial charge on any atom is -0.493 e. The monoisotopic (exact) mass is 476 g/mol. The molecule has 8 nitrogen and oxygen atoms in total. The van der Waals surface area contributed by atoms with Gasteiger partial charge in [0.25, 0.3) is 0 Å². The smallest absolute Gasteiger partial charge is 0.228 e. The molecule has 0 saturated carbocycles. The van der Waals surface area contributed by atoms with Gasteiger partial charge in [-0.1, -0.05) is 36.4 Å². The van der Waals surface area contributed by atoms with Gasteiger partial charge in [-0.05, 0) is 46.7 Å². The summed E-state index contributed by atoms with van der Waals surface area (Å²) < 4.78 is 24.8. The molecule has 0 fully saturated rings. The van der Waals surface area contributed by atoms with Crippen LogP contribution in [0.3, 0.4) is 0 Å². The molecule has 0 saturated heterocycles. The average Bonchev–Trinajstić information content (AvgIpc) is 3.61. The third-order valence-electron chi connectivity index (χ3n) is 6.58. The van der Waals surface area contributed by atoms with Gasteiger partial charge in [0.15, 0.2) is 22.9 Å². The maximum absolute atomic E-state index is 6.38. The van der Waals surface area contributed by atoms with Crippen LogP contribution in [0.5, 0.6) is 23.1 Å². The molecule has 0 spiro atoms. The molecule has 0 aliphatic carbocycles. The molecule has 1 aliphatic heterocycles. The molecule has 0 N–H and O–H groups in total. The summed E-state index contributed by atoms with van der Waals surface area (Å²) in [5.74, 6) is 3.35. The van der Waals surface area contributed by atoms with E-state index in [0.717, 1.165) is 33.2 Å². The summed E-state index contributed by atoms with van der Waals surface area (Å²) in [6.07, 6.45) is 3.22. The molecule has 7 rings (SSSR count). The van der Waals surface area contributed by atoms with E-state index in [2.05, 4.69) is 28.3 Å². The van der Waals surface area contributed by atoms with E-state index in [0.29, 0.717) is 34.6 Å². The maximum atomic E-state index is 6.38. The van der Waals surface area contributed by atoms with Gasteiger partial charge >= 0.3 is 0 Å². The zero-order valence-corrected chi connectivity index (χ0v) is 19.5. The third-order valence-corrected chi connectivity index (χ3v) is 6.58. The SMILES string of the molecule is COc1ccc([C@@H]2c3c(ccc4ccccc34)Oc3ncn4nc(-c5ccco5)nc4c32)cc1OC. The van der Waals surface area contributed by atoms with Crippen LogP contribution in [-0.2, 0) is 0 Å². The fourth-order valence-corrected chi connectivity index (χ4v) is 4.98. The van der Waals surface area contributed by atoms with E-state index in [1.54, 1.807) is 31.3 Å². The predicted molar refractivity (Wildman–Crippen MR) is 133 cm³/mol. The van der Waals surface area contributed by atoms with Crippen LogP contribution in [0.15, 0.2) is 83.7 Å². The Labute approximate surface area is 205 Å². The highest BCUT2D eigenvalue weighted by Gasteiger charge is 2.35. The number of hydrogen-bond acceptors (Lipinski definition) is 7. The van der Waals surface area contributed by atoms with Gasteiger partial charge in [0.05, 0.1) is 26.0 Å². The van der Waals surface area contributed by atoms with E-state index < -0.39 is 0 Å². The van der Waals surface area contributed by atoms with Crippen molar-refractivity contribution in [3.63, 3.8) is 0 Å². The fourth-order valence-electron chi connectivity index (χ4n) is 4.98. The molecular formula is C28H20N4O4. The second kappa shape index (κ2) is 7.84. The third kappa shape index (κ3) is 2.97. The summed E-state index contributed by atoms with van der Waals surface area (Å²) in [6, 6.07) is 21.9. The van der Waals surface area contributed by atoms with Crippen LogP contribution in [0.25, 0.3) is 28.0 Å². The van der Waals surface area contributed by atoms with Gasteiger partial charge in [0, 0.05) is 11.5 Å². The van der Waals surface area contributed by atoms with E-state index in [-0.39, 0.29) is 5.92 Å². The molecule has 3 aromatic heterocycles. The van der Waals surface area contributed by atoms with Crippen molar-refractivity contribution >= 4 is 16.4 Å². The summed E-state index contributed by atoms with van der Waals surface area (Å²) in [5.41, 5.74) is 3.49. The van der Waals surface area contributed by atoms with Gasteiger partial charge in [0.1, 0.15) is 12.1 Å². The summed E-state index contributed by atoms with van der Waals surface area (Å²) in [6.45, 7) is 0. The second-order valence-electron chi connectivity index (χ2n) is 8.49. The molecular weight excluding hydrogens is 456 g/mol. The number of furan rings is 1. The van der Waals surface area contributed by atoms with Crippen LogP contribution in [0.2, 0.25) is 0 Å². The lowest BCUT2D eigenvalue weighted by molar-refractivity contribution is 0.354. The van der Waals surface area contributed by atoms with Crippen LogP contribution < -0.4 is 14.2 Å². The first kappa shape index (κ1) is 20.5. The van der Waals surface area contributed by atoms with Gasteiger partial charge in [-0.25, -0.2) is 14.5 Å². The molecule has 4 heterocycles. The number of methoxy groups -OCH3 is 2. The van der Waals surface area contributed by atoms with E-state index in [4.69, 9.17) is 23.6 Å². The van der Waals surface area contributed by atoms with E-state index in [9.17, 15) is 0 Å². The van der Waals surface area contributed by atoms with E-state index in [1.807, 2.05) is 48.5 Å². The predicted octanol–water partition coefficient (Wildman–Crippen LogP) is 5.84. The molecule has 176 valence electrons. The number of rotatable bonds is 4. The Morgan fingerprint density at radius 1 is 0.889 bits per heavy atom. The van der Waals surface area contributed by atoms with Gasteiger partial charge in [-0.2, -0.15) is 0 Å². The zero-order valence-electron chi connectivity index (χ0n) is 19.5. The first-order chi connectivity index (χ1) is 17.7. The summed E-state index contributed by atoms with van der Waals surface area (Å²) in [5, 5.41) is 6.83. The lowest BCUT2D eigenvalue weighted by atomic mass is 9.81. The molecule has 0 amide bonds. The lowest BCUT2D eigenvalue weighted by Crippen LogP contribution is -2.15. The Hall–Kier alpha value is -4.85. The largest absolute Gasteiger partial charge is 0.493 e. The number of fused-ring (bicyclic) bond motifs is 6. The zero-order chi connectivity index (χ0) is 24.2. The standard InChI is InChI=1S/C28H20N4O4/c1-33-19-11-10-17(14-22(19)34-2)23-24-18-7-4-3-6-16(18)9-12-20(24)36-28-25(23)27-30-26(21-8-5-13-35-21)31-32(27)15-29-28/h3-15,23H,1-2H3/t23-/m1/s1. The van der Waals surface area contributed by atoms with Crippen molar-refractivity contribution in [2.45, 2.75) is 5.92 Å². The number of aromatic nitrogens is 4. The van der Waals surface area contributed by atoms with Crippen molar-refractivity contribution < 1.29 is 18.6 Å². The summed E-state index contributed by atoms with van der Waals surface area (Å²) >= 11 is 0. The van der Waals surface area contributed by atoms with E-state index in [1.165, 1.54) is 0 Å². The number of ether oxygens (including phenoxy) is 3. The highest BCUT2D eigenvalue weighted by atomic mass is 16.5. The molecule has 8 heteroatoms. The molecule has 1 aliphatic rings. The van der Waals surface area contributed by atoms with Crippen LogP contribution in [0.1, 0.15) is 22.6 Å². The molecule has 1 atom stereocenters. The van der Waals surface area contributed by atoms with Crippen LogP contribution >= 0.6 is 0 Å².